The van der Waals surface area contributed by atoms with Crippen LogP contribution in [0.15, 0.2) is 60.7 Å². The third kappa shape index (κ3) is 6.85. The van der Waals surface area contributed by atoms with Gasteiger partial charge < -0.3 is 39.4 Å². The molecular formula is C34H36N4O8. The van der Waals surface area contributed by atoms with E-state index in [0.29, 0.717) is 66.6 Å². The molecule has 1 saturated heterocycles. The minimum absolute atomic E-state index is 0.0488. The molecule has 3 aromatic rings. The topological polar surface area (TPSA) is 136 Å². The molecule has 6 aliphatic heterocycles. The zero-order chi connectivity index (χ0) is 32.2. The van der Waals surface area contributed by atoms with Gasteiger partial charge in [0.15, 0.2) is 24.7 Å². The minimum Gasteiger partial charge on any atom is -0.493 e. The Hall–Kier alpha value is -5.26. The Morgan fingerprint density at radius 2 is 1.65 bits per heavy atom. The summed E-state index contributed by atoms with van der Waals surface area (Å²) in [6.45, 7) is 0.636. The summed E-state index contributed by atoms with van der Waals surface area (Å²) in [4.78, 5) is 54.7. The highest BCUT2D eigenvalue weighted by Gasteiger charge is 2.35. The van der Waals surface area contributed by atoms with Crippen LogP contribution in [-0.4, -0.2) is 81.1 Å². The highest BCUT2D eigenvalue weighted by molar-refractivity contribution is 6.01. The Kier molecular flexibility index (Phi) is 8.95. The van der Waals surface area contributed by atoms with Crippen LogP contribution in [0, 0.1) is 0 Å². The summed E-state index contributed by atoms with van der Waals surface area (Å²) >= 11 is 0. The van der Waals surface area contributed by atoms with Crippen molar-refractivity contribution in [3.8, 4) is 23.0 Å². The first-order chi connectivity index (χ1) is 22.3. The van der Waals surface area contributed by atoms with Crippen molar-refractivity contribution in [3.05, 3.63) is 77.4 Å². The monoisotopic (exact) mass is 628 g/mol. The van der Waals surface area contributed by atoms with Gasteiger partial charge in [0.05, 0.1) is 18.8 Å². The molecule has 1 fully saturated rings. The molecule has 4 amide bonds. The van der Waals surface area contributed by atoms with E-state index in [9.17, 15) is 19.2 Å². The molecule has 240 valence electrons. The van der Waals surface area contributed by atoms with Crippen LogP contribution in [0.25, 0.3) is 0 Å². The van der Waals surface area contributed by atoms with Crippen molar-refractivity contribution in [2.75, 3.05) is 45.4 Å². The van der Waals surface area contributed by atoms with Crippen LogP contribution in [0.1, 0.15) is 34.3 Å². The predicted octanol–water partition coefficient (Wildman–Crippen LogP) is 2.47. The number of nitrogens with one attached hydrogen (secondary N) is 2. The summed E-state index contributed by atoms with van der Waals surface area (Å²) in [5.41, 5.74) is 2.76. The number of likely N-dealkylation sites (tertiary alicyclic amines) is 1. The van der Waals surface area contributed by atoms with E-state index in [2.05, 4.69) is 10.6 Å². The molecule has 2 atom stereocenters. The zero-order valence-corrected chi connectivity index (χ0v) is 25.7. The summed E-state index contributed by atoms with van der Waals surface area (Å²) in [6, 6.07) is 17.3. The number of carbonyl (C=O) groups excluding carboxylic acids is 4. The van der Waals surface area contributed by atoms with E-state index in [1.807, 2.05) is 30.3 Å². The maximum Gasteiger partial charge on any atom is 0.264 e. The van der Waals surface area contributed by atoms with E-state index in [1.54, 1.807) is 42.3 Å². The molecule has 0 radical (unpaired) electrons. The largest absolute Gasteiger partial charge is 0.493 e. The number of fused-ring (bicyclic) bond motifs is 1. The lowest BCUT2D eigenvalue weighted by atomic mass is 10.00. The number of methoxy groups -OCH3 is 1. The first-order valence-electron chi connectivity index (χ1n) is 15.2. The van der Waals surface area contributed by atoms with Crippen LogP contribution in [0.2, 0.25) is 0 Å². The van der Waals surface area contributed by atoms with E-state index in [-0.39, 0.29) is 43.4 Å². The smallest absolute Gasteiger partial charge is 0.264 e. The average molecular weight is 629 g/mol. The van der Waals surface area contributed by atoms with Crippen molar-refractivity contribution in [3.63, 3.8) is 0 Å². The summed E-state index contributed by atoms with van der Waals surface area (Å²) in [5.74, 6) is 1.11. The Balaban J connectivity index is 1.23. The van der Waals surface area contributed by atoms with E-state index in [1.165, 1.54) is 12.0 Å². The van der Waals surface area contributed by atoms with Crippen molar-refractivity contribution < 1.29 is 38.1 Å². The number of nitrogens with zero attached hydrogens (tertiary/aromatic N) is 2. The number of aryl methyl sites for hydroxylation is 1. The van der Waals surface area contributed by atoms with Crippen molar-refractivity contribution >= 4 is 29.3 Å². The lowest BCUT2D eigenvalue weighted by molar-refractivity contribution is -0.125. The van der Waals surface area contributed by atoms with Crippen LogP contribution in [0.3, 0.4) is 0 Å². The van der Waals surface area contributed by atoms with Gasteiger partial charge in [-0.25, -0.2) is 0 Å². The van der Waals surface area contributed by atoms with Gasteiger partial charge >= 0.3 is 0 Å². The van der Waals surface area contributed by atoms with Crippen LogP contribution in [0.4, 0.5) is 5.69 Å². The molecule has 12 nitrogen and oxygen atoms in total. The van der Waals surface area contributed by atoms with Crippen molar-refractivity contribution in [1.29, 1.82) is 0 Å². The number of likely N-dealkylation sites (N-methyl/N-ethyl adjacent to an activating group) is 1. The summed E-state index contributed by atoms with van der Waals surface area (Å²) in [6.07, 6.45) is 0.852. The summed E-state index contributed by atoms with van der Waals surface area (Å²) in [7, 11) is 3.17. The van der Waals surface area contributed by atoms with Crippen LogP contribution in [0.5, 0.6) is 23.0 Å². The van der Waals surface area contributed by atoms with Gasteiger partial charge in [-0.1, -0.05) is 18.2 Å². The maximum absolute atomic E-state index is 13.7. The number of anilines is 1. The van der Waals surface area contributed by atoms with Crippen molar-refractivity contribution in [1.82, 2.24) is 15.5 Å². The molecule has 46 heavy (non-hydrogen) atoms. The molecule has 6 heterocycles. The van der Waals surface area contributed by atoms with E-state index >= 15 is 0 Å². The average Bonchev–Trinajstić information content (AvgIpc) is 3.07. The number of hydrogen-bond donors (Lipinski definition) is 2. The summed E-state index contributed by atoms with van der Waals surface area (Å²) < 4.78 is 23.2. The van der Waals surface area contributed by atoms with Gasteiger partial charge in [-0.3, -0.25) is 19.2 Å². The van der Waals surface area contributed by atoms with E-state index < -0.39 is 12.1 Å². The second-order valence-corrected chi connectivity index (χ2v) is 11.5. The van der Waals surface area contributed by atoms with Gasteiger partial charge in [-0.15, -0.1) is 0 Å². The minimum atomic E-state index is -0.548. The third-order valence-corrected chi connectivity index (χ3v) is 8.40. The number of rotatable bonds is 2. The lowest BCUT2D eigenvalue weighted by Gasteiger charge is -2.39. The van der Waals surface area contributed by atoms with Gasteiger partial charge in [0, 0.05) is 45.1 Å². The number of carbonyl (C=O) groups is 4. The molecule has 2 N–H and O–H groups in total. The van der Waals surface area contributed by atoms with Gasteiger partial charge in [0.25, 0.3) is 17.7 Å². The maximum atomic E-state index is 13.7. The van der Waals surface area contributed by atoms with E-state index in [4.69, 9.17) is 18.9 Å². The molecule has 3 aromatic carbocycles. The lowest BCUT2D eigenvalue weighted by Crippen LogP contribution is -2.58. The normalized spacial score (nSPS) is 20.3. The van der Waals surface area contributed by atoms with Crippen molar-refractivity contribution in [2.45, 2.75) is 38.0 Å². The second-order valence-electron chi connectivity index (χ2n) is 11.5. The van der Waals surface area contributed by atoms with Gasteiger partial charge in [0.2, 0.25) is 5.91 Å². The van der Waals surface area contributed by atoms with Crippen LogP contribution >= 0.6 is 0 Å². The standard InChI is InChI=1S/C34H36N4O8/c1-37-26-16-23(7-11-28(26)45-20-33(37)41)34(42)38-14-13-27-25(18-38)36-32(40)19-44-29-10-5-21(15-30(29)43-2)6-12-31(39)35-17-22-3-8-24(46-27)9-4-22/h3-5,7-11,15-16,25,27H,6,12-14,17-20H2,1-2H3,(H,35,39)(H,36,40)/t25-,27-/m1/s1. The highest BCUT2D eigenvalue weighted by atomic mass is 16.5. The first kappa shape index (κ1) is 30.8. The van der Waals surface area contributed by atoms with Gasteiger partial charge in [-0.05, 0) is 60.0 Å². The van der Waals surface area contributed by atoms with E-state index in [0.717, 1.165) is 11.1 Å². The molecule has 0 spiro atoms. The molecule has 4 bridgehead atoms. The number of ether oxygens (including phenoxy) is 4. The molecule has 0 saturated carbocycles. The molecule has 0 aromatic heterocycles. The Morgan fingerprint density at radius 1 is 0.891 bits per heavy atom. The number of amides is 4. The number of piperidine rings is 1. The molecule has 0 unspecified atom stereocenters. The van der Waals surface area contributed by atoms with Crippen LogP contribution < -0.4 is 34.5 Å². The molecule has 6 aliphatic rings. The number of hydrogen-bond acceptors (Lipinski definition) is 8. The fraction of sp³-hybridized carbons (Fsp3) is 0.353. The zero-order valence-electron chi connectivity index (χ0n) is 25.7. The van der Waals surface area contributed by atoms with Gasteiger partial charge in [-0.2, -0.15) is 0 Å². The Bertz CT molecular complexity index is 1640. The molecule has 0 aliphatic carbocycles. The fourth-order valence-electron chi connectivity index (χ4n) is 5.77. The predicted molar refractivity (Wildman–Crippen MR) is 167 cm³/mol. The fourth-order valence-corrected chi connectivity index (χ4v) is 5.77. The summed E-state index contributed by atoms with van der Waals surface area (Å²) in [5, 5.41) is 5.98. The third-order valence-electron chi connectivity index (χ3n) is 8.40. The van der Waals surface area contributed by atoms with Crippen LogP contribution in [-0.2, 0) is 27.3 Å². The number of benzene rings is 3. The molecule has 12 heteroatoms. The van der Waals surface area contributed by atoms with Gasteiger partial charge in [0.1, 0.15) is 17.6 Å². The quantitative estimate of drug-likeness (QED) is 0.442. The second kappa shape index (κ2) is 13.4. The van der Waals surface area contributed by atoms with Crippen molar-refractivity contribution in [2.24, 2.45) is 0 Å². The molecular weight excluding hydrogens is 592 g/mol. The Labute approximate surface area is 266 Å². The Morgan fingerprint density at radius 3 is 2.46 bits per heavy atom. The molecule has 9 rings (SSSR count). The SMILES string of the molecule is COc1cc2ccc1OCC(=O)N[C@@H]1CN(C(=O)c3ccc4c(c3)N(C)C(=O)CO4)CC[C@H]1Oc1ccc(cc1)CNC(=O)CC2. The highest BCUT2D eigenvalue weighted by Crippen LogP contribution is 2.33. The first-order valence-corrected chi connectivity index (χ1v) is 15.2.